The molecule has 7 heteroatoms. The van der Waals surface area contributed by atoms with Crippen molar-refractivity contribution in [3.05, 3.63) is 90.0 Å². The number of carbonyl (C=O) groups is 1. The van der Waals surface area contributed by atoms with Gasteiger partial charge in [-0.3, -0.25) is 9.78 Å². The van der Waals surface area contributed by atoms with Gasteiger partial charge in [0, 0.05) is 66.7 Å². The molecule has 0 radical (unpaired) electrons. The molecule has 0 saturated carbocycles. The van der Waals surface area contributed by atoms with E-state index in [-0.39, 0.29) is 5.91 Å². The van der Waals surface area contributed by atoms with Gasteiger partial charge in [0.1, 0.15) is 12.4 Å². The molecule has 1 saturated heterocycles. The Labute approximate surface area is 197 Å². The summed E-state index contributed by atoms with van der Waals surface area (Å²) >= 11 is 0. The first-order chi connectivity index (χ1) is 16.7. The van der Waals surface area contributed by atoms with Crippen LogP contribution in [0.25, 0.3) is 22.3 Å². The molecule has 0 aliphatic carbocycles. The van der Waals surface area contributed by atoms with Crippen molar-refractivity contribution in [1.82, 2.24) is 20.3 Å². The van der Waals surface area contributed by atoms with Crippen molar-refractivity contribution in [3.8, 4) is 28.0 Å². The molecule has 0 spiro atoms. The predicted molar refractivity (Wildman–Crippen MR) is 129 cm³/mol. The minimum atomic E-state index is -0.139. The Kier molecular flexibility index (Phi) is 5.14. The summed E-state index contributed by atoms with van der Waals surface area (Å²) in [6.45, 7) is 2.92. The summed E-state index contributed by atoms with van der Waals surface area (Å²) in [5.74, 6) is 1.36. The monoisotopic (exact) mass is 449 g/mol. The third-order valence-electron chi connectivity index (χ3n) is 6.31. The first-order valence-electron chi connectivity index (χ1n) is 11.4. The molecule has 1 amide bonds. The lowest BCUT2D eigenvalue weighted by Gasteiger charge is -2.30. The minimum Gasteiger partial charge on any atom is -0.488 e. The van der Waals surface area contributed by atoms with Gasteiger partial charge in [-0.1, -0.05) is 18.2 Å². The molecule has 2 aliphatic rings. The predicted octanol–water partition coefficient (Wildman–Crippen LogP) is 4.24. The van der Waals surface area contributed by atoms with Crippen LogP contribution in [0.1, 0.15) is 27.9 Å². The molecule has 4 heterocycles. The minimum absolute atomic E-state index is 0.139. The first kappa shape index (κ1) is 20.4. The van der Waals surface area contributed by atoms with Crippen LogP contribution >= 0.6 is 0 Å². The molecule has 0 atom stereocenters. The van der Waals surface area contributed by atoms with Crippen LogP contribution < -0.4 is 15.0 Å². The number of hydrogen-bond donors (Lipinski definition) is 1. The third kappa shape index (κ3) is 3.85. The highest BCUT2D eigenvalue weighted by Crippen LogP contribution is 2.37. The van der Waals surface area contributed by atoms with Crippen LogP contribution in [0, 0.1) is 0 Å². The summed E-state index contributed by atoms with van der Waals surface area (Å²) in [6, 6.07) is 15.6. The molecule has 6 rings (SSSR count). The average Bonchev–Trinajstić information content (AvgIpc) is 2.86. The highest BCUT2D eigenvalue weighted by molar-refractivity contribution is 5.95. The SMILES string of the molecule is O=C(NCc1cccc(-c2cnc(N3CCC3)nc2)c1)c1ccc2c(c1)OCc1cnccc1-2. The first-order valence-corrected chi connectivity index (χ1v) is 11.4. The number of pyridine rings is 1. The number of carbonyl (C=O) groups excluding carboxylic acids is 1. The molecule has 1 fully saturated rings. The molecular weight excluding hydrogens is 426 g/mol. The lowest BCUT2D eigenvalue weighted by molar-refractivity contribution is 0.0950. The van der Waals surface area contributed by atoms with E-state index in [0.29, 0.717) is 18.7 Å². The number of hydrogen-bond acceptors (Lipinski definition) is 6. The fraction of sp³-hybridized carbons (Fsp3) is 0.185. The van der Waals surface area contributed by atoms with Gasteiger partial charge in [0.2, 0.25) is 5.95 Å². The normalized spacial score (nSPS) is 13.8. The fourth-order valence-electron chi connectivity index (χ4n) is 4.26. The van der Waals surface area contributed by atoms with Crippen molar-refractivity contribution in [1.29, 1.82) is 0 Å². The van der Waals surface area contributed by atoms with E-state index in [2.05, 4.69) is 31.2 Å². The van der Waals surface area contributed by atoms with Crippen LogP contribution in [0.4, 0.5) is 5.95 Å². The number of nitrogens with one attached hydrogen (secondary N) is 1. The van der Waals surface area contributed by atoms with Crippen LogP contribution in [-0.2, 0) is 13.2 Å². The Morgan fingerprint density at radius 2 is 1.85 bits per heavy atom. The van der Waals surface area contributed by atoms with E-state index in [1.54, 1.807) is 6.20 Å². The Balaban J connectivity index is 1.14. The molecule has 1 N–H and O–H groups in total. The third-order valence-corrected chi connectivity index (χ3v) is 6.31. The summed E-state index contributed by atoms with van der Waals surface area (Å²) < 4.78 is 5.87. The van der Waals surface area contributed by atoms with Crippen LogP contribution in [0.3, 0.4) is 0 Å². The van der Waals surface area contributed by atoms with E-state index in [0.717, 1.165) is 58.2 Å². The van der Waals surface area contributed by atoms with Crippen LogP contribution in [-0.4, -0.2) is 33.9 Å². The van der Waals surface area contributed by atoms with Crippen molar-refractivity contribution >= 4 is 11.9 Å². The average molecular weight is 450 g/mol. The van der Waals surface area contributed by atoms with Crippen LogP contribution in [0.2, 0.25) is 0 Å². The number of amides is 1. The molecule has 7 nitrogen and oxygen atoms in total. The lowest BCUT2D eigenvalue weighted by atomic mass is 9.97. The summed E-state index contributed by atoms with van der Waals surface area (Å²) in [7, 11) is 0. The maximum atomic E-state index is 12.8. The second kappa shape index (κ2) is 8.59. The summed E-state index contributed by atoms with van der Waals surface area (Å²) in [6.07, 6.45) is 8.51. The highest BCUT2D eigenvalue weighted by Gasteiger charge is 2.19. The Hall–Kier alpha value is -4.26. The van der Waals surface area contributed by atoms with E-state index in [1.165, 1.54) is 6.42 Å². The van der Waals surface area contributed by atoms with Crippen molar-refractivity contribution in [2.24, 2.45) is 0 Å². The van der Waals surface area contributed by atoms with E-state index in [1.807, 2.05) is 61.1 Å². The highest BCUT2D eigenvalue weighted by atomic mass is 16.5. The van der Waals surface area contributed by atoms with E-state index in [9.17, 15) is 4.79 Å². The number of anilines is 1. The largest absolute Gasteiger partial charge is 0.488 e. The number of rotatable bonds is 5. The van der Waals surface area contributed by atoms with Crippen molar-refractivity contribution in [3.63, 3.8) is 0 Å². The van der Waals surface area contributed by atoms with Gasteiger partial charge < -0.3 is 15.0 Å². The molecule has 0 bridgehead atoms. The Morgan fingerprint density at radius 1 is 0.971 bits per heavy atom. The fourth-order valence-corrected chi connectivity index (χ4v) is 4.26. The molecule has 168 valence electrons. The standard InChI is InChI=1S/C27H23N5O2/c33-26(20-5-6-24-23-7-8-28-14-22(23)17-34-25(24)12-20)29-13-18-3-1-4-19(11-18)21-15-30-27(31-16-21)32-9-2-10-32/h1,3-8,11-12,14-16H,2,9-10,13,17H2,(H,29,33). The van der Waals surface area contributed by atoms with Crippen molar-refractivity contribution in [2.75, 3.05) is 18.0 Å². The van der Waals surface area contributed by atoms with Crippen LogP contribution in [0.15, 0.2) is 73.3 Å². The van der Waals surface area contributed by atoms with Crippen molar-refractivity contribution in [2.45, 2.75) is 19.6 Å². The number of nitrogens with zero attached hydrogens (tertiary/aromatic N) is 4. The van der Waals surface area contributed by atoms with Gasteiger partial charge in [0.05, 0.1) is 0 Å². The van der Waals surface area contributed by atoms with Gasteiger partial charge in [-0.15, -0.1) is 0 Å². The summed E-state index contributed by atoms with van der Waals surface area (Å²) in [5, 5.41) is 3.02. The number of fused-ring (bicyclic) bond motifs is 3. The second-order valence-electron chi connectivity index (χ2n) is 8.53. The molecule has 2 aromatic carbocycles. The maximum absolute atomic E-state index is 12.8. The quantitative estimate of drug-likeness (QED) is 0.491. The van der Waals surface area contributed by atoms with E-state index in [4.69, 9.17) is 4.74 Å². The molecule has 34 heavy (non-hydrogen) atoms. The zero-order valence-electron chi connectivity index (χ0n) is 18.6. The summed E-state index contributed by atoms with van der Waals surface area (Å²) in [4.78, 5) is 28.2. The van der Waals surface area contributed by atoms with Gasteiger partial charge in [-0.25, -0.2) is 9.97 Å². The molecular formula is C27H23N5O2. The molecule has 2 aliphatic heterocycles. The Bertz CT molecular complexity index is 1370. The van der Waals surface area contributed by atoms with E-state index < -0.39 is 0 Å². The number of ether oxygens (including phenoxy) is 1. The van der Waals surface area contributed by atoms with E-state index >= 15 is 0 Å². The van der Waals surface area contributed by atoms with Crippen molar-refractivity contribution < 1.29 is 9.53 Å². The molecule has 4 aromatic rings. The smallest absolute Gasteiger partial charge is 0.251 e. The summed E-state index contributed by atoms with van der Waals surface area (Å²) in [5.41, 5.74) is 6.69. The van der Waals surface area contributed by atoms with Crippen LogP contribution in [0.5, 0.6) is 5.75 Å². The number of aromatic nitrogens is 3. The molecule has 0 unspecified atom stereocenters. The zero-order valence-corrected chi connectivity index (χ0v) is 18.6. The second-order valence-corrected chi connectivity index (χ2v) is 8.53. The van der Waals surface area contributed by atoms with Gasteiger partial charge in [0.25, 0.3) is 5.91 Å². The maximum Gasteiger partial charge on any atom is 0.251 e. The van der Waals surface area contributed by atoms with Gasteiger partial charge in [-0.2, -0.15) is 0 Å². The Morgan fingerprint density at radius 3 is 2.68 bits per heavy atom. The topological polar surface area (TPSA) is 80.2 Å². The zero-order chi connectivity index (χ0) is 22.9. The van der Waals surface area contributed by atoms with Gasteiger partial charge >= 0.3 is 0 Å². The van der Waals surface area contributed by atoms with Gasteiger partial charge in [-0.05, 0) is 53.4 Å². The lowest BCUT2D eigenvalue weighted by Crippen LogP contribution is -2.38. The van der Waals surface area contributed by atoms with Gasteiger partial charge in [0.15, 0.2) is 0 Å². The number of benzene rings is 2. The molecule has 2 aromatic heterocycles.